The molecule has 184 valence electrons. The first-order valence-corrected chi connectivity index (χ1v) is 12.3. The van der Waals surface area contributed by atoms with Gasteiger partial charge in [0, 0.05) is 19.7 Å². The van der Waals surface area contributed by atoms with Crippen LogP contribution in [0.1, 0.15) is 19.4 Å². The lowest BCUT2D eigenvalue weighted by Crippen LogP contribution is -2.50. The fourth-order valence-corrected chi connectivity index (χ4v) is 4.53. The number of likely N-dealkylation sites (N-methyl/N-ethyl adjacent to an activating group) is 1. The van der Waals surface area contributed by atoms with E-state index in [0.29, 0.717) is 17.2 Å². The lowest BCUT2D eigenvalue weighted by molar-refractivity contribution is -0.139. The van der Waals surface area contributed by atoms with Crippen LogP contribution in [-0.2, 0) is 26.2 Å². The van der Waals surface area contributed by atoms with Gasteiger partial charge < -0.3 is 24.4 Å². The van der Waals surface area contributed by atoms with E-state index in [-0.39, 0.29) is 30.7 Å². The van der Waals surface area contributed by atoms with Crippen molar-refractivity contribution in [3.8, 4) is 17.2 Å². The second kappa shape index (κ2) is 10.6. The number of sulfonamides is 1. The van der Waals surface area contributed by atoms with Gasteiger partial charge in [-0.3, -0.25) is 13.9 Å². The minimum absolute atomic E-state index is 0.0392. The lowest BCUT2D eigenvalue weighted by Gasteiger charge is -2.31. The molecule has 1 heterocycles. The number of nitrogens with one attached hydrogen (secondary N) is 1. The van der Waals surface area contributed by atoms with Crippen LogP contribution in [0.3, 0.4) is 0 Å². The first kappa shape index (κ1) is 25.2. The summed E-state index contributed by atoms with van der Waals surface area (Å²) in [6.07, 6.45) is 0. The highest BCUT2D eigenvalue weighted by Crippen LogP contribution is 2.36. The summed E-state index contributed by atoms with van der Waals surface area (Å²) in [5.41, 5.74) is 1.04. The SMILES string of the molecule is CCS(=O)(=O)N(CC(=O)N(Cc1ccc(OC)cc1)[C@H](C)C(=O)NC)c1ccc2c(c1)OCO2. The summed E-state index contributed by atoms with van der Waals surface area (Å²) in [6.45, 7) is 2.77. The van der Waals surface area contributed by atoms with Crippen LogP contribution in [0, 0.1) is 0 Å². The molecule has 1 aliphatic rings. The van der Waals surface area contributed by atoms with Gasteiger partial charge in [-0.05, 0) is 43.7 Å². The van der Waals surface area contributed by atoms with E-state index in [1.165, 1.54) is 24.9 Å². The zero-order chi connectivity index (χ0) is 24.9. The van der Waals surface area contributed by atoms with Crippen LogP contribution >= 0.6 is 0 Å². The summed E-state index contributed by atoms with van der Waals surface area (Å²) < 4.78 is 42.7. The maximum absolute atomic E-state index is 13.5. The third kappa shape index (κ3) is 5.53. The van der Waals surface area contributed by atoms with Gasteiger partial charge in [0.05, 0.1) is 18.6 Å². The molecule has 1 aliphatic heterocycles. The third-order valence-corrected chi connectivity index (χ3v) is 7.29. The molecule has 0 saturated carbocycles. The van der Waals surface area contributed by atoms with Gasteiger partial charge in [0.1, 0.15) is 18.3 Å². The van der Waals surface area contributed by atoms with E-state index in [0.717, 1.165) is 9.87 Å². The summed E-state index contributed by atoms with van der Waals surface area (Å²) in [5, 5.41) is 2.54. The Balaban J connectivity index is 1.92. The molecular weight excluding hydrogens is 462 g/mol. The Hall–Kier alpha value is -3.47. The van der Waals surface area contributed by atoms with Crippen LogP contribution in [-0.4, -0.2) is 64.4 Å². The predicted octanol–water partition coefficient (Wildman–Crippen LogP) is 1.74. The van der Waals surface area contributed by atoms with E-state index in [1.807, 2.05) is 0 Å². The molecule has 2 aromatic carbocycles. The molecule has 11 heteroatoms. The summed E-state index contributed by atoms with van der Waals surface area (Å²) in [5.74, 6) is 0.451. The van der Waals surface area contributed by atoms with E-state index in [1.54, 1.807) is 50.4 Å². The van der Waals surface area contributed by atoms with Gasteiger partial charge in [-0.1, -0.05) is 12.1 Å². The fraction of sp³-hybridized carbons (Fsp3) is 0.391. The molecule has 2 amide bonds. The molecule has 0 spiro atoms. The Bertz CT molecular complexity index is 1140. The van der Waals surface area contributed by atoms with Gasteiger partial charge >= 0.3 is 0 Å². The normalized spacial score (nSPS) is 13.2. The van der Waals surface area contributed by atoms with Crippen molar-refractivity contribution in [2.75, 3.05) is 37.6 Å². The fourth-order valence-electron chi connectivity index (χ4n) is 3.48. The second-order valence-corrected chi connectivity index (χ2v) is 9.79. The van der Waals surface area contributed by atoms with Gasteiger partial charge in [0.25, 0.3) is 0 Å². The summed E-state index contributed by atoms with van der Waals surface area (Å²) in [4.78, 5) is 27.2. The number of nitrogens with zero attached hydrogens (tertiary/aromatic N) is 2. The minimum atomic E-state index is -3.82. The van der Waals surface area contributed by atoms with Crippen LogP contribution < -0.4 is 23.8 Å². The van der Waals surface area contributed by atoms with Crippen LogP contribution in [0.25, 0.3) is 0 Å². The molecule has 10 nitrogen and oxygen atoms in total. The number of carbonyl (C=O) groups is 2. The van der Waals surface area contributed by atoms with Gasteiger partial charge in [0.2, 0.25) is 28.6 Å². The Morgan fingerprint density at radius 2 is 1.79 bits per heavy atom. The van der Waals surface area contributed by atoms with Crippen LogP contribution in [0.5, 0.6) is 17.2 Å². The highest BCUT2D eigenvalue weighted by Gasteiger charge is 2.31. The smallest absolute Gasteiger partial charge is 0.244 e. The van der Waals surface area contributed by atoms with Crippen molar-refractivity contribution >= 4 is 27.5 Å². The van der Waals surface area contributed by atoms with E-state index in [2.05, 4.69) is 5.32 Å². The summed E-state index contributed by atoms with van der Waals surface area (Å²) in [7, 11) is -0.786. The first-order chi connectivity index (χ1) is 16.2. The van der Waals surface area contributed by atoms with Crippen molar-refractivity contribution < 1.29 is 32.2 Å². The number of amides is 2. The number of methoxy groups -OCH3 is 1. The molecule has 0 saturated heterocycles. The van der Waals surface area contributed by atoms with Gasteiger partial charge in [-0.2, -0.15) is 0 Å². The third-order valence-electron chi connectivity index (χ3n) is 5.55. The number of anilines is 1. The molecule has 0 aromatic heterocycles. The maximum atomic E-state index is 13.5. The predicted molar refractivity (Wildman–Crippen MR) is 126 cm³/mol. The zero-order valence-corrected chi connectivity index (χ0v) is 20.4. The molecule has 0 radical (unpaired) electrons. The number of hydrogen-bond acceptors (Lipinski definition) is 7. The number of rotatable bonds is 10. The minimum Gasteiger partial charge on any atom is -0.497 e. The Labute approximate surface area is 199 Å². The number of hydrogen-bond donors (Lipinski definition) is 1. The number of carbonyl (C=O) groups excluding carboxylic acids is 2. The van der Waals surface area contributed by atoms with E-state index in [4.69, 9.17) is 14.2 Å². The summed E-state index contributed by atoms with van der Waals surface area (Å²) >= 11 is 0. The van der Waals surface area contributed by atoms with Gasteiger partial charge in [0.15, 0.2) is 11.5 Å². The average Bonchev–Trinajstić information content (AvgIpc) is 3.33. The van der Waals surface area contributed by atoms with Crippen molar-refractivity contribution in [2.45, 2.75) is 26.4 Å². The molecule has 2 aromatic rings. The van der Waals surface area contributed by atoms with Gasteiger partial charge in [-0.25, -0.2) is 8.42 Å². The topological polar surface area (TPSA) is 114 Å². The van der Waals surface area contributed by atoms with Crippen LogP contribution in [0.4, 0.5) is 5.69 Å². The van der Waals surface area contributed by atoms with Crippen LogP contribution in [0.2, 0.25) is 0 Å². The monoisotopic (exact) mass is 491 g/mol. The van der Waals surface area contributed by atoms with Gasteiger partial charge in [-0.15, -0.1) is 0 Å². The lowest BCUT2D eigenvalue weighted by atomic mass is 10.1. The van der Waals surface area contributed by atoms with Crippen molar-refractivity contribution in [2.24, 2.45) is 0 Å². The molecule has 0 bridgehead atoms. The highest BCUT2D eigenvalue weighted by atomic mass is 32.2. The number of ether oxygens (including phenoxy) is 3. The number of benzene rings is 2. The average molecular weight is 492 g/mol. The molecule has 3 rings (SSSR count). The van der Waals surface area contributed by atoms with Crippen molar-refractivity contribution in [1.82, 2.24) is 10.2 Å². The Morgan fingerprint density at radius 1 is 1.12 bits per heavy atom. The number of fused-ring (bicyclic) bond motifs is 1. The standard InChI is InChI=1S/C23H29N3O7S/c1-5-34(29,30)26(18-8-11-20-21(12-18)33-15-32-20)14-22(27)25(16(2)23(28)24-3)13-17-6-9-19(31-4)10-7-17/h6-12,16H,5,13-15H2,1-4H3,(H,24,28)/t16-/m1/s1. The van der Waals surface area contributed by atoms with E-state index in [9.17, 15) is 18.0 Å². The zero-order valence-electron chi connectivity index (χ0n) is 19.6. The van der Waals surface area contributed by atoms with E-state index >= 15 is 0 Å². The molecule has 0 unspecified atom stereocenters. The highest BCUT2D eigenvalue weighted by molar-refractivity contribution is 7.92. The maximum Gasteiger partial charge on any atom is 0.244 e. The quantitative estimate of drug-likeness (QED) is 0.538. The van der Waals surface area contributed by atoms with Crippen LogP contribution in [0.15, 0.2) is 42.5 Å². The van der Waals surface area contributed by atoms with Crippen molar-refractivity contribution in [3.05, 3.63) is 48.0 Å². The molecule has 34 heavy (non-hydrogen) atoms. The molecule has 1 atom stereocenters. The largest absolute Gasteiger partial charge is 0.497 e. The van der Waals surface area contributed by atoms with Crippen molar-refractivity contribution in [1.29, 1.82) is 0 Å². The van der Waals surface area contributed by atoms with Crippen molar-refractivity contribution in [3.63, 3.8) is 0 Å². The first-order valence-electron chi connectivity index (χ1n) is 10.7. The molecule has 0 aliphatic carbocycles. The molecular formula is C23H29N3O7S. The Kier molecular flexibility index (Phi) is 7.87. The Morgan fingerprint density at radius 3 is 2.41 bits per heavy atom. The summed E-state index contributed by atoms with van der Waals surface area (Å²) in [6, 6.07) is 10.9. The molecule has 1 N–H and O–H groups in total. The molecule has 0 fully saturated rings. The second-order valence-electron chi connectivity index (χ2n) is 7.60. The van der Waals surface area contributed by atoms with E-state index < -0.39 is 28.5 Å².